The van der Waals surface area contributed by atoms with Crippen LogP contribution in [0.15, 0.2) is 73.2 Å². The number of hydrogen-bond donors (Lipinski definition) is 1. The lowest BCUT2D eigenvalue weighted by atomic mass is 9.97. The number of carbonyl (C=O) groups excluding carboxylic acids is 1. The quantitative estimate of drug-likeness (QED) is 0.340. The highest BCUT2D eigenvalue weighted by Crippen LogP contribution is 2.41. The Labute approximate surface area is 209 Å². The fourth-order valence-electron chi connectivity index (χ4n) is 3.91. The second-order valence-electron chi connectivity index (χ2n) is 8.40. The average Bonchev–Trinajstić information content (AvgIpc) is 2.86. The fraction of sp³-hybridized carbons (Fsp3) is 0.185. The van der Waals surface area contributed by atoms with Gasteiger partial charge in [0.1, 0.15) is 17.4 Å². The second-order valence-corrected chi connectivity index (χ2v) is 8.81. The summed E-state index contributed by atoms with van der Waals surface area (Å²) in [7, 11) is 3.67. The highest BCUT2D eigenvalue weighted by molar-refractivity contribution is 6.34. The van der Waals surface area contributed by atoms with Gasteiger partial charge in [-0.05, 0) is 53.9 Å². The van der Waals surface area contributed by atoms with E-state index in [1.807, 2.05) is 20.2 Å². The number of anilines is 2. The number of aromatic nitrogens is 1. The number of carbonyl (C=O) groups is 1. The zero-order valence-corrected chi connectivity index (χ0v) is 20.3. The zero-order valence-electron chi connectivity index (χ0n) is 19.5. The fourth-order valence-corrected chi connectivity index (χ4v) is 4.19. The van der Waals surface area contributed by atoms with Gasteiger partial charge in [-0.15, -0.1) is 0 Å². The SMILES string of the molecule is CN(C)/C=C\N(C=O)c1ccc(-c2cc(F)cc(-c3ccnc(N4CC=CCC4)c3)c2O)cc1Cl. The minimum absolute atomic E-state index is 0.0642. The van der Waals surface area contributed by atoms with Crippen molar-refractivity contribution in [3.63, 3.8) is 0 Å². The molecule has 0 saturated carbocycles. The summed E-state index contributed by atoms with van der Waals surface area (Å²) in [5, 5.41) is 11.4. The summed E-state index contributed by atoms with van der Waals surface area (Å²) in [6, 6.07) is 11.1. The number of halogens is 2. The molecule has 0 radical (unpaired) electrons. The minimum atomic E-state index is -0.490. The van der Waals surface area contributed by atoms with Crippen LogP contribution in [0.4, 0.5) is 15.9 Å². The van der Waals surface area contributed by atoms with Crippen LogP contribution in [0.3, 0.4) is 0 Å². The number of nitrogens with zero attached hydrogens (tertiary/aromatic N) is 4. The van der Waals surface area contributed by atoms with E-state index in [1.54, 1.807) is 47.8 Å². The third-order valence-corrected chi connectivity index (χ3v) is 5.99. The lowest BCUT2D eigenvalue weighted by molar-refractivity contribution is -0.106. The lowest BCUT2D eigenvalue weighted by Crippen LogP contribution is -2.27. The van der Waals surface area contributed by atoms with Gasteiger partial charge in [0.05, 0.1) is 10.7 Å². The van der Waals surface area contributed by atoms with E-state index in [2.05, 4.69) is 22.0 Å². The van der Waals surface area contributed by atoms with Gasteiger partial charge in [-0.1, -0.05) is 29.8 Å². The van der Waals surface area contributed by atoms with Gasteiger partial charge < -0.3 is 14.9 Å². The van der Waals surface area contributed by atoms with Gasteiger partial charge in [-0.2, -0.15) is 0 Å². The number of phenols is 1. The van der Waals surface area contributed by atoms with E-state index in [9.17, 15) is 14.3 Å². The van der Waals surface area contributed by atoms with Crippen molar-refractivity contribution in [1.82, 2.24) is 9.88 Å². The zero-order chi connectivity index (χ0) is 24.9. The van der Waals surface area contributed by atoms with Crippen LogP contribution in [-0.2, 0) is 4.79 Å². The molecule has 8 heteroatoms. The molecule has 0 bridgehead atoms. The van der Waals surface area contributed by atoms with Crippen LogP contribution in [0.2, 0.25) is 5.02 Å². The third kappa shape index (κ3) is 5.46. The molecule has 3 aromatic rings. The van der Waals surface area contributed by atoms with Crippen LogP contribution in [0.1, 0.15) is 6.42 Å². The van der Waals surface area contributed by atoms with Crippen LogP contribution in [0, 0.1) is 5.82 Å². The maximum absolute atomic E-state index is 14.7. The molecule has 1 aliphatic rings. The molecule has 0 spiro atoms. The molecule has 0 aliphatic carbocycles. The van der Waals surface area contributed by atoms with Gasteiger partial charge in [0.25, 0.3) is 0 Å². The number of benzene rings is 2. The van der Waals surface area contributed by atoms with E-state index < -0.39 is 5.82 Å². The van der Waals surface area contributed by atoms with E-state index in [0.717, 1.165) is 25.3 Å². The van der Waals surface area contributed by atoms with Gasteiger partial charge in [0.2, 0.25) is 6.41 Å². The van der Waals surface area contributed by atoms with Gasteiger partial charge >= 0.3 is 0 Å². The molecule has 2 aromatic carbocycles. The predicted molar refractivity (Wildman–Crippen MR) is 139 cm³/mol. The molecule has 1 aromatic heterocycles. The summed E-state index contributed by atoms with van der Waals surface area (Å²) in [6.45, 7) is 1.60. The monoisotopic (exact) mass is 492 g/mol. The van der Waals surface area contributed by atoms with Crippen molar-refractivity contribution < 1.29 is 14.3 Å². The Morgan fingerprint density at radius 3 is 2.43 bits per heavy atom. The van der Waals surface area contributed by atoms with Gasteiger partial charge in [0.15, 0.2) is 0 Å². The van der Waals surface area contributed by atoms with Crippen molar-refractivity contribution in [3.8, 4) is 28.0 Å². The summed E-state index contributed by atoms with van der Waals surface area (Å²) in [5.74, 6) is 0.213. The Morgan fingerprint density at radius 1 is 1.06 bits per heavy atom. The predicted octanol–water partition coefficient (Wildman–Crippen LogP) is 5.68. The van der Waals surface area contributed by atoms with Crippen LogP contribution in [-0.4, -0.2) is 48.6 Å². The molecule has 4 rings (SSSR count). The van der Waals surface area contributed by atoms with E-state index in [0.29, 0.717) is 34.4 Å². The molecule has 1 amide bonds. The molecule has 2 heterocycles. The normalized spacial score (nSPS) is 13.3. The van der Waals surface area contributed by atoms with Crippen molar-refractivity contribution in [3.05, 3.63) is 84.1 Å². The maximum atomic E-state index is 14.7. The van der Waals surface area contributed by atoms with Crippen LogP contribution in [0.25, 0.3) is 22.3 Å². The number of aromatic hydroxyl groups is 1. The minimum Gasteiger partial charge on any atom is -0.507 e. The van der Waals surface area contributed by atoms with E-state index in [4.69, 9.17) is 11.6 Å². The van der Waals surface area contributed by atoms with Crippen molar-refractivity contribution >= 4 is 29.5 Å². The summed E-state index contributed by atoms with van der Waals surface area (Å²) in [5.41, 5.74) is 2.31. The summed E-state index contributed by atoms with van der Waals surface area (Å²) >= 11 is 6.48. The molecule has 0 unspecified atom stereocenters. The third-order valence-electron chi connectivity index (χ3n) is 5.69. The summed E-state index contributed by atoms with van der Waals surface area (Å²) < 4.78 is 14.7. The van der Waals surface area contributed by atoms with Crippen molar-refractivity contribution in [2.75, 3.05) is 37.0 Å². The van der Waals surface area contributed by atoms with Gasteiger partial charge in [0, 0.05) is 56.9 Å². The van der Waals surface area contributed by atoms with Crippen molar-refractivity contribution in [2.45, 2.75) is 6.42 Å². The summed E-state index contributed by atoms with van der Waals surface area (Å²) in [6.07, 6.45) is 10.8. The molecular formula is C27H26ClFN4O2. The number of pyridine rings is 1. The first-order valence-electron chi connectivity index (χ1n) is 11.1. The molecule has 6 nitrogen and oxygen atoms in total. The average molecular weight is 493 g/mol. The highest BCUT2D eigenvalue weighted by atomic mass is 35.5. The molecule has 0 saturated heterocycles. The number of hydrogen-bond acceptors (Lipinski definition) is 5. The van der Waals surface area contributed by atoms with Gasteiger partial charge in [-0.25, -0.2) is 9.37 Å². The molecule has 1 N–H and O–H groups in total. The standard InChI is InChI=1S/C27H26ClFN4O2/c1-31(2)12-13-33(18-34)25-7-6-19(14-24(25)28)22-16-21(29)17-23(27(22)35)20-8-9-30-26(15-20)32-10-4-3-5-11-32/h3-4,6-9,12-18,35H,5,10-11H2,1-2H3/b13-12-. The molecule has 1 aliphatic heterocycles. The Kier molecular flexibility index (Phi) is 7.36. The first-order chi connectivity index (χ1) is 16.9. The Hall–Kier alpha value is -3.84. The largest absolute Gasteiger partial charge is 0.507 e. The van der Waals surface area contributed by atoms with E-state index in [1.165, 1.54) is 17.0 Å². The van der Waals surface area contributed by atoms with Crippen LogP contribution < -0.4 is 9.80 Å². The Morgan fingerprint density at radius 2 is 1.80 bits per heavy atom. The van der Waals surface area contributed by atoms with E-state index in [-0.39, 0.29) is 10.8 Å². The molecule has 0 atom stereocenters. The van der Waals surface area contributed by atoms with Crippen molar-refractivity contribution in [1.29, 1.82) is 0 Å². The highest BCUT2D eigenvalue weighted by Gasteiger charge is 2.17. The number of amides is 1. The number of phenolic OH excluding ortho intramolecular Hbond substituents is 1. The lowest BCUT2D eigenvalue weighted by Gasteiger charge is -2.24. The van der Waals surface area contributed by atoms with Crippen molar-refractivity contribution in [2.24, 2.45) is 0 Å². The molecule has 180 valence electrons. The smallest absolute Gasteiger partial charge is 0.218 e. The first-order valence-corrected chi connectivity index (χ1v) is 11.5. The second kappa shape index (κ2) is 10.6. The summed E-state index contributed by atoms with van der Waals surface area (Å²) in [4.78, 5) is 21.3. The van der Waals surface area contributed by atoms with Crippen LogP contribution in [0.5, 0.6) is 5.75 Å². The Balaban J connectivity index is 1.71. The molecule has 35 heavy (non-hydrogen) atoms. The van der Waals surface area contributed by atoms with E-state index >= 15 is 0 Å². The molecule has 0 fully saturated rings. The number of rotatable bonds is 7. The van der Waals surface area contributed by atoms with Gasteiger partial charge in [-0.3, -0.25) is 9.69 Å². The Bertz CT molecular complexity index is 1290. The first kappa shape index (κ1) is 24.3. The molecular weight excluding hydrogens is 467 g/mol. The maximum Gasteiger partial charge on any atom is 0.218 e. The topological polar surface area (TPSA) is 59.9 Å². The van der Waals surface area contributed by atoms with Crippen LogP contribution >= 0.6 is 11.6 Å².